The zero-order chi connectivity index (χ0) is 12.3. The molecule has 0 radical (unpaired) electrons. The molecular weight excluding hydrogens is 224 g/mol. The summed E-state index contributed by atoms with van der Waals surface area (Å²) in [5, 5.41) is -0.660. The first-order chi connectivity index (χ1) is 7.34. The maximum atomic E-state index is 12.1. The second-order valence-electron chi connectivity index (χ2n) is 4.08. The smallest absolute Gasteiger partial charge is 0.181 e. The number of sulfone groups is 1. The summed E-state index contributed by atoms with van der Waals surface area (Å²) in [4.78, 5) is 11.2. The summed E-state index contributed by atoms with van der Waals surface area (Å²) in [5.74, 6) is -0.108. The number of aryl methyl sites for hydroxylation is 1. The van der Waals surface area contributed by atoms with Gasteiger partial charge >= 0.3 is 0 Å². The van der Waals surface area contributed by atoms with Crippen molar-refractivity contribution in [1.82, 2.24) is 0 Å². The fourth-order valence-corrected chi connectivity index (χ4v) is 3.08. The minimum atomic E-state index is -3.38. The van der Waals surface area contributed by atoms with E-state index < -0.39 is 15.1 Å². The van der Waals surface area contributed by atoms with Gasteiger partial charge in [-0.1, -0.05) is 12.1 Å². The van der Waals surface area contributed by atoms with Gasteiger partial charge in [0, 0.05) is 6.42 Å². The minimum Gasteiger partial charge on any atom is -0.300 e. The molecule has 4 heteroatoms. The average molecular weight is 240 g/mol. The van der Waals surface area contributed by atoms with Crippen LogP contribution in [0.4, 0.5) is 0 Å². The predicted molar refractivity (Wildman–Crippen MR) is 63.1 cm³/mol. The number of hydrogen-bond donors (Lipinski definition) is 0. The molecule has 0 spiro atoms. The molecule has 1 aromatic carbocycles. The van der Waals surface area contributed by atoms with Crippen molar-refractivity contribution < 1.29 is 13.2 Å². The van der Waals surface area contributed by atoms with E-state index in [0.717, 1.165) is 5.56 Å². The topological polar surface area (TPSA) is 51.2 Å². The molecule has 0 bridgehead atoms. The quantitative estimate of drug-likeness (QED) is 0.810. The van der Waals surface area contributed by atoms with Gasteiger partial charge in [0.1, 0.15) is 5.78 Å². The van der Waals surface area contributed by atoms with E-state index in [2.05, 4.69) is 0 Å². The van der Waals surface area contributed by atoms with E-state index in [4.69, 9.17) is 0 Å². The van der Waals surface area contributed by atoms with Gasteiger partial charge in [-0.05, 0) is 38.5 Å². The Kier molecular flexibility index (Phi) is 3.86. The first-order valence-electron chi connectivity index (χ1n) is 5.14. The fraction of sp³-hybridized carbons (Fsp3) is 0.417. The maximum absolute atomic E-state index is 12.1. The Morgan fingerprint density at radius 2 is 2.00 bits per heavy atom. The van der Waals surface area contributed by atoms with Gasteiger partial charge in [0.2, 0.25) is 0 Å². The molecule has 1 atom stereocenters. The number of carbonyl (C=O) groups is 1. The van der Waals surface area contributed by atoms with Crippen LogP contribution in [0.3, 0.4) is 0 Å². The molecule has 0 aromatic heterocycles. The molecule has 0 amide bonds. The highest BCUT2D eigenvalue weighted by atomic mass is 32.2. The van der Waals surface area contributed by atoms with Gasteiger partial charge < -0.3 is 0 Å². The van der Waals surface area contributed by atoms with E-state index >= 15 is 0 Å². The fourth-order valence-electron chi connectivity index (χ4n) is 1.54. The van der Waals surface area contributed by atoms with Crippen molar-refractivity contribution in [2.45, 2.75) is 37.3 Å². The third-order valence-corrected chi connectivity index (χ3v) is 4.56. The second kappa shape index (κ2) is 4.78. The third-order valence-electron chi connectivity index (χ3n) is 2.42. The molecule has 0 heterocycles. The van der Waals surface area contributed by atoms with Crippen LogP contribution in [0.2, 0.25) is 0 Å². The van der Waals surface area contributed by atoms with Gasteiger partial charge in [0.15, 0.2) is 9.84 Å². The van der Waals surface area contributed by atoms with E-state index in [0.29, 0.717) is 4.90 Å². The Morgan fingerprint density at radius 3 is 2.50 bits per heavy atom. The molecule has 88 valence electrons. The van der Waals surface area contributed by atoms with Crippen LogP contribution in [0.25, 0.3) is 0 Å². The van der Waals surface area contributed by atoms with E-state index in [9.17, 15) is 13.2 Å². The minimum absolute atomic E-state index is 0.0657. The summed E-state index contributed by atoms with van der Waals surface area (Å²) in [7, 11) is -3.38. The number of Topliss-reactive ketones (excluding diaryl/α,β-unsaturated/α-hetero) is 1. The predicted octanol–water partition coefficient (Wildman–Crippen LogP) is 2.14. The Morgan fingerprint density at radius 1 is 1.38 bits per heavy atom. The van der Waals surface area contributed by atoms with Crippen molar-refractivity contribution in [2.24, 2.45) is 0 Å². The molecule has 1 unspecified atom stereocenters. The molecule has 0 aliphatic rings. The zero-order valence-electron chi connectivity index (χ0n) is 9.73. The number of benzene rings is 1. The Bertz CT molecular complexity index is 489. The monoisotopic (exact) mass is 240 g/mol. The van der Waals surface area contributed by atoms with Crippen LogP contribution in [-0.2, 0) is 14.6 Å². The number of hydrogen-bond acceptors (Lipinski definition) is 3. The molecule has 0 saturated carbocycles. The SMILES string of the molecule is CC(=O)CC(C)S(=O)(=O)c1cccc(C)c1. The Balaban J connectivity index is 3.07. The molecule has 0 N–H and O–H groups in total. The van der Waals surface area contributed by atoms with Crippen molar-refractivity contribution in [3.63, 3.8) is 0 Å². The van der Waals surface area contributed by atoms with Crippen LogP contribution in [0, 0.1) is 6.92 Å². The number of ketones is 1. The summed E-state index contributed by atoms with van der Waals surface area (Å²) < 4.78 is 24.1. The van der Waals surface area contributed by atoms with Crippen LogP contribution in [0.1, 0.15) is 25.8 Å². The maximum Gasteiger partial charge on any atom is 0.181 e. The molecular formula is C12H16O3S. The lowest BCUT2D eigenvalue weighted by Gasteiger charge is -2.11. The standard InChI is InChI=1S/C12H16O3S/c1-9-5-4-6-12(7-9)16(14,15)11(3)8-10(2)13/h4-7,11H,8H2,1-3H3. The van der Waals surface area contributed by atoms with Crippen molar-refractivity contribution in [1.29, 1.82) is 0 Å². The summed E-state index contributed by atoms with van der Waals surface area (Å²) in [6, 6.07) is 6.75. The Hall–Kier alpha value is -1.16. The van der Waals surface area contributed by atoms with Gasteiger partial charge in [0.05, 0.1) is 10.1 Å². The summed E-state index contributed by atoms with van der Waals surface area (Å²) in [5.41, 5.74) is 0.899. The lowest BCUT2D eigenvalue weighted by atomic mass is 10.2. The molecule has 0 aliphatic heterocycles. The van der Waals surface area contributed by atoms with Crippen LogP contribution in [-0.4, -0.2) is 19.5 Å². The lowest BCUT2D eigenvalue weighted by Crippen LogP contribution is -2.20. The summed E-state index contributed by atoms with van der Waals surface area (Å²) in [6.07, 6.45) is 0.0657. The van der Waals surface area contributed by atoms with E-state index in [1.807, 2.05) is 13.0 Å². The molecule has 0 fully saturated rings. The molecule has 3 nitrogen and oxygen atoms in total. The number of rotatable bonds is 4. The van der Waals surface area contributed by atoms with Crippen molar-refractivity contribution in [3.05, 3.63) is 29.8 Å². The molecule has 1 rings (SSSR count). The van der Waals surface area contributed by atoms with Crippen LogP contribution < -0.4 is 0 Å². The van der Waals surface area contributed by atoms with Crippen LogP contribution in [0.15, 0.2) is 29.2 Å². The number of carbonyl (C=O) groups excluding carboxylic acids is 1. The highest BCUT2D eigenvalue weighted by molar-refractivity contribution is 7.92. The average Bonchev–Trinajstić information content (AvgIpc) is 2.16. The van der Waals surface area contributed by atoms with Gasteiger partial charge in [-0.2, -0.15) is 0 Å². The summed E-state index contributed by atoms with van der Waals surface area (Å²) >= 11 is 0. The molecule has 1 aromatic rings. The lowest BCUT2D eigenvalue weighted by molar-refractivity contribution is -0.116. The second-order valence-corrected chi connectivity index (χ2v) is 6.44. The summed E-state index contributed by atoms with van der Waals surface area (Å²) in [6.45, 7) is 4.82. The highest BCUT2D eigenvalue weighted by Gasteiger charge is 2.24. The zero-order valence-corrected chi connectivity index (χ0v) is 10.5. The van der Waals surface area contributed by atoms with Crippen molar-refractivity contribution in [3.8, 4) is 0 Å². The molecule has 0 saturated heterocycles. The Labute approximate surface area is 96.4 Å². The van der Waals surface area contributed by atoms with Gasteiger partial charge in [-0.15, -0.1) is 0 Å². The highest BCUT2D eigenvalue weighted by Crippen LogP contribution is 2.19. The van der Waals surface area contributed by atoms with Crippen LogP contribution in [0.5, 0.6) is 0 Å². The van der Waals surface area contributed by atoms with Gasteiger partial charge in [-0.25, -0.2) is 8.42 Å². The normalized spacial score (nSPS) is 13.4. The largest absolute Gasteiger partial charge is 0.300 e. The molecule has 0 aliphatic carbocycles. The van der Waals surface area contributed by atoms with Gasteiger partial charge in [0.25, 0.3) is 0 Å². The third kappa shape index (κ3) is 2.92. The van der Waals surface area contributed by atoms with E-state index in [1.165, 1.54) is 6.92 Å². The van der Waals surface area contributed by atoms with Gasteiger partial charge in [-0.3, -0.25) is 4.79 Å². The van der Waals surface area contributed by atoms with Crippen LogP contribution >= 0.6 is 0 Å². The van der Waals surface area contributed by atoms with E-state index in [1.54, 1.807) is 25.1 Å². The first kappa shape index (κ1) is 12.9. The van der Waals surface area contributed by atoms with E-state index in [-0.39, 0.29) is 12.2 Å². The van der Waals surface area contributed by atoms with Crippen molar-refractivity contribution in [2.75, 3.05) is 0 Å². The molecule has 16 heavy (non-hydrogen) atoms. The first-order valence-corrected chi connectivity index (χ1v) is 6.68. The van der Waals surface area contributed by atoms with Crippen molar-refractivity contribution >= 4 is 15.6 Å².